The number of rotatable bonds is 4. The van der Waals surface area contributed by atoms with E-state index in [-0.39, 0.29) is 11.2 Å². The zero-order valence-electron chi connectivity index (χ0n) is 13.2. The number of anilines is 1. The van der Waals surface area contributed by atoms with Crippen molar-refractivity contribution in [1.29, 1.82) is 0 Å². The van der Waals surface area contributed by atoms with E-state index < -0.39 is 0 Å². The van der Waals surface area contributed by atoms with Gasteiger partial charge < -0.3 is 11.1 Å². The largest absolute Gasteiger partial charge is 0.383 e. The number of hydrogen-bond acceptors (Lipinski definition) is 6. The number of hydrogen-bond donors (Lipinski definition) is 2. The summed E-state index contributed by atoms with van der Waals surface area (Å²) in [5.41, 5.74) is 5.96. The molecule has 23 heavy (non-hydrogen) atoms. The van der Waals surface area contributed by atoms with Crippen molar-refractivity contribution >= 4 is 45.0 Å². The normalized spacial score (nSPS) is 17.8. The molecule has 124 valence electrons. The number of carbonyl (C=O) groups excluding carboxylic acids is 1. The van der Waals surface area contributed by atoms with Gasteiger partial charge in [0.15, 0.2) is 5.16 Å². The standard InChI is InChI=1S/C16H22N4OS2/c1-10(14(21)18-11-6-4-2-3-5-7-11)23-16-19-13(17)12-8-9-22-15(12)20-16/h8-11H,2-7H2,1H3,(H,18,21)(H2,17,19,20). The van der Waals surface area contributed by atoms with E-state index in [1.54, 1.807) is 0 Å². The van der Waals surface area contributed by atoms with Gasteiger partial charge in [0.1, 0.15) is 10.6 Å². The summed E-state index contributed by atoms with van der Waals surface area (Å²) in [5.74, 6) is 0.547. The zero-order chi connectivity index (χ0) is 16.2. The van der Waals surface area contributed by atoms with Crippen LogP contribution in [0.25, 0.3) is 10.2 Å². The first-order valence-corrected chi connectivity index (χ1v) is 9.87. The number of thioether (sulfide) groups is 1. The van der Waals surface area contributed by atoms with Crippen LogP contribution in [0.1, 0.15) is 45.4 Å². The molecule has 7 heteroatoms. The molecule has 3 rings (SSSR count). The third-order valence-corrected chi connectivity index (χ3v) is 5.95. The van der Waals surface area contributed by atoms with Crippen LogP contribution < -0.4 is 11.1 Å². The van der Waals surface area contributed by atoms with Crippen molar-refractivity contribution in [1.82, 2.24) is 15.3 Å². The number of fused-ring (bicyclic) bond motifs is 1. The molecule has 1 unspecified atom stereocenters. The lowest BCUT2D eigenvalue weighted by Crippen LogP contribution is -2.39. The summed E-state index contributed by atoms with van der Waals surface area (Å²) >= 11 is 2.91. The van der Waals surface area contributed by atoms with E-state index in [1.807, 2.05) is 18.4 Å². The lowest BCUT2D eigenvalue weighted by atomic mass is 10.1. The second-order valence-electron chi connectivity index (χ2n) is 5.99. The summed E-state index contributed by atoms with van der Waals surface area (Å²) in [5, 5.41) is 6.36. The van der Waals surface area contributed by atoms with Crippen LogP contribution in [0.4, 0.5) is 5.82 Å². The van der Waals surface area contributed by atoms with E-state index in [4.69, 9.17) is 5.73 Å². The Balaban J connectivity index is 1.62. The number of aromatic nitrogens is 2. The summed E-state index contributed by atoms with van der Waals surface area (Å²) < 4.78 is 0. The Morgan fingerprint density at radius 3 is 2.83 bits per heavy atom. The summed E-state index contributed by atoms with van der Waals surface area (Å²) in [6.45, 7) is 1.90. The van der Waals surface area contributed by atoms with Gasteiger partial charge in [-0.05, 0) is 31.2 Å². The van der Waals surface area contributed by atoms with E-state index >= 15 is 0 Å². The molecule has 1 aliphatic carbocycles. The monoisotopic (exact) mass is 350 g/mol. The van der Waals surface area contributed by atoms with Crippen molar-refractivity contribution in [3.63, 3.8) is 0 Å². The lowest BCUT2D eigenvalue weighted by molar-refractivity contribution is -0.121. The lowest BCUT2D eigenvalue weighted by Gasteiger charge is -2.19. The molecule has 2 aromatic rings. The molecule has 0 bridgehead atoms. The number of nitrogens with two attached hydrogens (primary N) is 1. The number of carbonyl (C=O) groups is 1. The van der Waals surface area contributed by atoms with E-state index in [1.165, 1.54) is 48.8 Å². The van der Waals surface area contributed by atoms with Gasteiger partial charge in [-0.3, -0.25) is 4.79 Å². The molecule has 0 spiro atoms. The number of nitrogens with one attached hydrogen (secondary N) is 1. The fourth-order valence-electron chi connectivity index (χ4n) is 2.86. The second kappa shape index (κ2) is 7.49. The molecule has 1 aliphatic rings. The van der Waals surface area contributed by atoms with Crippen molar-refractivity contribution < 1.29 is 4.79 Å². The molecule has 3 N–H and O–H groups in total. The SMILES string of the molecule is CC(Sc1nc(N)c2ccsc2n1)C(=O)NC1CCCCCC1. The average molecular weight is 351 g/mol. The Bertz CT molecular complexity index is 680. The third kappa shape index (κ3) is 4.14. The fraction of sp³-hybridized carbons (Fsp3) is 0.562. The highest BCUT2D eigenvalue weighted by molar-refractivity contribution is 8.00. The van der Waals surface area contributed by atoms with Crippen molar-refractivity contribution in [3.05, 3.63) is 11.4 Å². The second-order valence-corrected chi connectivity index (χ2v) is 8.19. The number of thiophene rings is 1. The van der Waals surface area contributed by atoms with Gasteiger partial charge >= 0.3 is 0 Å². The highest BCUT2D eigenvalue weighted by Crippen LogP contribution is 2.28. The van der Waals surface area contributed by atoms with Crippen LogP contribution in [0.2, 0.25) is 0 Å². The minimum absolute atomic E-state index is 0.0651. The smallest absolute Gasteiger partial charge is 0.233 e. The molecule has 2 aromatic heterocycles. The van der Waals surface area contributed by atoms with Crippen LogP contribution in [0, 0.1) is 0 Å². The van der Waals surface area contributed by atoms with Crippen LogP contribution in [0.3, 0.4) is 0 Å². The molecular formula is C16H22N4OS2. The number of nitrogens with zero attached hydrogens (tertiary/aromatic N) is 2. The maximum absolute atomic E-state index is 12.4. The van der Waals surface area contributed by atoms with Crippen molar-refractivity contribution in [2.45, 2.75) is 61.9 Å². The molecule has 1 amide bonds. The highest BCUT2D eigenvalue weighted by atomic mass is 32.2. The van der Waals surface area contributed by atoms with Crippen LogP contribution >= 0.6 is 23.1 Å². The van der Waals surface area contributed by atoms with Gasteiger partial charge in [0.05, 0.1) is 10.6 Å². The van der Waals surface area contributed by atoms with Gasteiger partial charge in [0.25, 0.3) is 0 Å². The molecule has 0 aliphatic heterocycles. The minimum atomic E-state index is -0.227. The fourth-order valence-corrected chi connectivity index (χ4v) is 4.48. The van der Waals surface area contributed by atoms with Crippen LogP contribution in [0.5, 0.6) is 0 Å². The minimum Gasteiger partial charge on any atom is -0.383 e. The van der Waals surface area contributed by atoms with E-state index in [0.717, 1.165) is 23.1 Å². The van der Waals surface area contributed by atoms with Gasteiger partial charge in [-0.2, -0.15) is 0 Å². The van der Waals surface area contributed by atoms with Crippen LogP contribution in [0.15, 0.2) is 16.6 Å². The predicted octanol–water partition coefficient (Wildman–Crippen LogP) is 3.59. The summed E-state index contributed by atoms with van der Waals surface area (Å²) in [6.07, 6.45) is 7.17. The Morgan fingerprint density at radius 1 is 1.35 bits per heavy atom. The molecule has 0 saturated heterocycles. The summed E-state index contributed by atoms with van der Waals surface area (Å²) in [4.78, 5) is 22.1. The molecular weight excluding hydrogens is 328 g/mol. The molecule has 1 atom stereocenters. The van der Waals surface area contributed by atoms with Gasteiger partial charge in [-0.15, -0.1) is 11.3 Å². The van der Waals surface area contributed by atoms with Crippen molar-refractivity contribution in [2.75, 3.05) is 5.73 Å². The first-order valence-electron chi connectivity index (χ1n) is 8.11. The van der Waals surface area contributed by atoms with Gasteiger partial charge in [-0.25, -0.2) is 9.97 Å². The summed E-state index contributed by atoms with van der Waals surface area (Å²) in [7, 11) is 0. The maximum Gasteiger partial charge on any atom is 0.233 e. The average Bonchev–Trinajstić information content (AvgIpc) is 2.85. The third-order valence-electron chi connectivity index (χ3n) is 4.19. The van der Waals surface area contributed by atoms with Crippen LogP contribution in [-0.2, 0) is 4.79 Å². The molecule has 1 fully saturated rings. The Hall–Kier alpha value is -1.34. The number of amides is 1. The topological polar surface area (TPSA) is 80.9 Å². The first-order chi connectivity index (χ1) is 11.1. The van der Waals surface area contributed by atoms with E-state index in [2.05, 4.69) is 15.3 Å². The van der Waals surface area contributed by atoms with E-state index in [9.17, 15) is 4.79 Å². The zero-order valence-corrected chi connectivity index (χ0v) is 14.9. The predicted molar refractivity (Wildman–Crippen MR) is 96.8 cm³/mol. The molecule has 0 aromatic carbocycles. The highest BCUT2D eigenvalue weighted by Gasteiger charge is 2.21. The van der Waals surface area contributed by atoms with Crippen LogP contribution in [-0.4, -0.2) is 27.2 Å². The van der Waals surface area contributed by atoms with Crippen molar-refractivity contribution in [3.8, 4) is 0 Å². The van der Waals surface area contributed by atoms with Gasteiger partial charge in [0, 0.05) is 6.04 Å². The molecule has 1 saturated carbocycles. The quantitative estimate of drug-likeness (QED) is 0.500. The number of nitrogen functional groups attached to an aromatic ring is 1. The first kappa shape index (κ1) is 16.5. The summed E-state index contributed by atoms with van der Waals surface area (Å²) in [6, 6.07) is 2.24. The van der Waals surface area contributed by atoms with Crippen molar-refractivity contribution in [2.24, 2.45) is 0 Å². The molecule has 2 heterocycles. The van der Waals surface area contributed by atoms with Gasteiger partial charge in [-0.1, -0.05) is 37.4 Å². The maximum atomic E-state index is 12.4. The van der Waals surface area contributed by atoms with Gasteiger partial charge in [0.2, 0.25) is 5.91 Å². The van der Waals surface area contributed by atoms with E-state index in [0.29, 0.717) is 17.0 Å². The Morgan fingerprint density at radius 2 is 2.09 bits per heavy atom. The molecule has 0 radical (unpaired) electrons. The Labute approximate surface area is 144 Å². The molecule has 5 nitrogen and oxygen atoms in total. The Kier molecular flexibility index (Phi) is 5.38.